The molecule has 1 atom stereocenters. The second-order valence-corrected chi connectivity index (χ2v) is 8.53. The standard InChI is InChI=1S/C23H23NO4S2/c1-4-27-22(26)20(17-10-6-5-7-11-17)24-21(25)19(30-23(24)29)14-16-9-8-12-18(13-16)28-15(2)3/h5-15,20H,4H2,1-3H3/b19-14+. The minimum Gasteiger partial charge on any atom is -0.491 e. The Kier molecular flexibility index (Phi) is 7.29. The van der Waals surface area contributed by atoms with Crippen molar-refractivity contribution in [2.24, 2.45) is 0 Å². The summed E-state index contributed by atoms with van der Waals surface area (Å²) >= 11 is 6.64. The first kappa shape index (κ1) is 22.1. The predicted molar refractivity (Wildman–Crippen MR) is 123 cm³/mol. The number of carbonyl (C=O) groups is 2. The number of nitrogens with zero attached hydrogens (tertiary/aromatic N) is 1. The Labute approximate surface area is 186 Å². The summed E-state index contributed by atoms with van der Waals surface area (Å²) in [6, 6.07) is 15.6. The summed E-state index contributed by atoms with van der Waals surface area (Å²) in [6.07, 6.45) is 1.81. The van der Waals surface area contributed by atoms with Gasteiger partial charge in [-0.05, 0) is 50.1 Å². The molecule has 30 heavy (non-hydrogen) atoms. The van der Waals surface area contributed by atoms with Crippen molar-refractivity contribution < 1.29 is 19.1 Å². The number of amides is 1. The molecule has 0 radical (unpaired) electrons. The summed E-state index contributed by atoms with van der Waals surface area (Å²) in [6.45, 7) is 5.86. The normalized spacial score (nSPS) is 16.3. The zero-order valence-electron chi connectivity index (χ0n) is 17.0. The highest BCUT2D eigenvalue weighted by molar-refractivity contribution is 8.26. The van der Waals surface area contributed by atoms with Gasteiger partial charge in [-0.15, -0.1) is 0 Å². The molecule has 7 heteroatoms. The lowest BCUT2D eigenvalue weighted by Gasteiger charge is -2.25. The molecule has 1 aliphatic heterocycles. The molecule has 1 unspecified atom stereocenters. The Morgan fingerprint density at radius 1 is 1.17 bits per heavy atom. The molecule has 156 valence electrons. The van der Waals surface area contributed by atoms with Gasteiger partial charge in [0.2, 0.25) is 0 Å². The number of esters is 1. The van der Waals surface area contributed by atoms with E-state index >= 15 is 0 Å². The van der Waals surface area contributed by atoms with E-state index in [9.17, 15) is 9.59 Å². The minimum atomic E-state index is -0.917. The third-order valence-electron chi connectivity index (χ3n) is 4.23. The average Bonchev–Trinajstić information content (AvgIpc) is 2.97. The summed E-state index contributed by atoms with van der Waals surface area (Å²) in [7, 11) is 0. The molecular weight excluding hydrogens is 418 g/mol. The quantitative estimate of drug-likeness (QED) is 0.343. The zero-order valence-corrected chi connectivity index (χ0v) is 18.7. The van der Waals surface area contributed by atoms with E-state index in [1.54, 1.807) is 25.1 Å². The molecule has 1 saturated heterocycles. The van der Waals surface area contributed by atoms with Crippen LogP contribution in [-0.2, 0) is 14.3 Å². The van der Waals surface area contributed by atoms with E-state index in [0.29, 0.717) is 14.8 Å². The van der Waals surface area contributed by atoms with Crippen molar-refractivity contribution in [2.75, 3.05) is 6.61 Å². The third-order valence-corrected chi connectivity index (χ3v) is 5.56. The highest BCUT2D eigenvalue weighted by Crippen LogP contribution is 2.39. The van der Waals surface area contributed by atoms with Crippen molar-refractivity contribution in [1.29, 1.82) is 0 Å². The van der Waals surface area contributed by atoms with Crippen LogP contribution in [0.4, 0.5) is 0 Å². The number of thioether (sulfide) groups is 1. The summed E-state index contributed by atoms with van der Waals surface area (Å²) < 4.78 is 11.3. The van der Waals surface area contributed by atoms with Crippen molar-refractivity contribution in [2.45, 2.75) is 32.9 Å². The van der Waals surface area contributed by atoms with Gasteiger partial charge in [0.05, 0.1) is 17.6 Å². The Morgan fingerprint density at radius 3 is 2.57 bits per heavy atom. The van der Waals surface area contributed by atoms with Gasteiger partial charge in [-0.3, -0.25) is 9.69 Å². The summed E-state index contributed by atoms with van der Waals surface area (Å²) in [5.74, 6) is -0.0985. The molecule has 3 rings (SSSR count). The molecule has 0 N–H and O–H groups in total. The first-order valence-corrected chi connectivity index (χ1v) is 10.9. The Morgan fingerprint density at radius 2 is 1.90 bits per heavy atom. The van der Waals surface area contributed by atoms with E-state index in [1.807, 2.05) is 56.3 Å². The SMILES string of the molecule is CCOC(=O)C(c1ccccc1)N1C(=O)/C(=C\c2cccc(OC(C)C)c2)SC1=S. The zero-order chi connectivity index (χ0) is 21.7. The Bertz CT molecular complexity index is 972. The van der Waals surface area contributed by atoms with Crippen molar-refractivity contribution in [3.8, 4) is 5.75 Å². The second-order valence-electron chi connectivity index (χ2n) is 6.86. The fourth-order valence-corrected chi connectivity index (χ4v) is 4.36. The smallest absolute Gasteiger partial charge is 0.333 e. The number of hydrogen-bond acceptors (Lipinski definition) is 6. The maximum atomic E-state index is 13.2. The molecule has 2 aromatic rings. The minimum absolute atomic E-state index is 0.0506. The molecule has 0 spiro atoms. The fourth-order valence-electron chi connectivity index (χ4n) is 3.05. The molecule has 0 aromatic heterocycles. The van der Waals surface area contributed by atoms with Gasteiger partial charge in [0.15, 0.2) is 6.04 Å². The third kappa shape index (κ3) is 5.09. The van der Waals surface area contributed by atoms with Crippen LogP contribution in [0.15, 0.2) is 59.5 Å². The van der Waals surface area contributed by atoms with Crippen molar-refractivity contribution in [3.05, 3.63) is 70.6 Å². The van der Waals surface area contributed by atoms with Crippen LogP contribution < -0.4 is 4.74 Å². The molecule has 0 bridgehead atoms. The number of carbonyl (C=O) groups excluding carboxylic acids is 2. The van der Waals surface area contributed by atoms with E-state index in [-0.39, 0.29) is 18.6 Å². The summed E-state index contributed by atoms with van der Waals surface area (Å²) in [5.41, 5.74) is 1.47. The lowest BCUT2D eigenvalue weighted by Crippen LogP contribution is -2.38. The van der Waals surface area contributed by atoms with E-state index in [1.165, 1.54) is 16.7 Å². The predicted octanol–water partition coefficient (Wildman–Crippen LogP) is 4.98. The van der Waals surface area contributed by atoms with Crippen molar-refractivity contribution in [3.63, 3.8) is 0 Å². The summed E-state index contributed by atoms with van der Waals surface area (Å²) in [5, 5.41) is 0. The van der Waals surface area contributed by atoms with E-state index < -0.39 is 12.0 Å². The maximum absolute atomic E-state index is 13.2. The van der Waals surface area contributed by atoms with Crippen LogP contribution >= 0.6 is 24.0 Å². The first-order chi connectivity index (χ1) is 14.4. The highest BCUT2D eigenvalue weighted by Gasteiger charge is 2.42. The van der Waals surface area contributed by atoms with Gasteiger partial charge in [0, 0.05) is 0 Å². The van der Waals surface area contributed by atoms with Gasteiger partial charge in [-0.2, -0.15) is 0 Å². The largest absolute Gasteiger partial charge is 0.491 e. The molecule has 0 aliphatic carbocycles. The second kappa shape index (κ2) is 9.91. The van der Waals surface area contributed by atoms with Gasteiger partial charge in [-0.1, -0.05) is 66.4 Å². The molecule has 1 heterocycles. The van der Waals surface area contributed by atoms with Crippen molar-refractivity contribution >= 4 is 46.3 Å². The molecule has 1 aliphatic rings. The average molecular weight is 442 g/mol. The molecule has 0 saturated carbocycles. The monoisotopic (exact) mass is 441 g/mol. The van der Waals surface area contributed by atoms with Crippen LogP contribution in [0, 0.1) is 0 Å². The maximum Gasteiger partial charge on any atom is 0.333 e. The van der Waals surface area contributed by atoms with Gasteiger partial charge < -0.3 is 9.47 Å². The highest BCUT2D eigenvalue weighted by atomic mass is 32.2. The molecular formula is C23H23NO4S2. The van der Waals surface area contributed by atoms with Crippen LogP contribution in [-0.4, -0.2) is 33.8 Å². The van der Waals surface area contributed by atoms with Gasteiger partial charge in [0.1, 0.15) is 10.1 Å². The lowest BCUT2D eigenvalue weighted by atomic mass is 10.1. The number of thiocarbonyl (C=S) groups is 1. The number of hydrogen-bond donors (Lipinski definition) is 0. The fraction of sp³-hybridized carbons (Fsp3) is 0.261. The molecule has 2 aromatic carbocycles. The lowest BCUT2D eigenvalue weighted by molar-refractivity contribution is -0.151. The number of benzene rings is 2. The van der Waals surface area contributed by atoms with Crippen LogP contribution in [0.25, 0.3) is 6.08 Å². The molecule has 1 fully saturated rings. The van der Waals surface area contributed by atoms with Crippen LogP contribution in [0.2, 0.25) is 0 Å². The topological polar surface area (TPSA) is 55.8 Å². The molecule has 5 nitrogen and oxygen atoms in total. The van der Waals surface area contributed by atoms with Crippen molar-refractivity contribution in [1.82, 2.24) is 4.90 Å². The van der Waals surface area contributed by atoms with Crippen LogP contribution in [0.5, 0.6) is 5.75 Å². The van der Waals surface area contributed by atoms with Gasteiger partial charge >= 0.3 is 5.97 Å². The van der Waals surface area contributed by atoms with Crippen LogP contribution in [0.3, 0.4) is 0 Å². The number of ether oxygens (including phenoxy) is 2. The van der Waals surface area contributed by atoms with E-state index in [4.69, 9.17) is 21.7 Å². The number of rotatable bonds is 7. The van der Waals surface area contributed by atoms with Crippen LogP contribution in [0.1, 0.15) is 37.9 Å². The van der Waals surface area contributed by atoms with Gasteiger partial charge in [0.25, 0.3) is 5.91 Å². The van der Waals surface area contributed by atoms with Gasteiger partial charge in [-0.25, -0.2) is 4.79 Å². The van der Waals surface area contributed by atoms with E-state index in [2.05, 4.69) is 0 Å². The summed E-state index contributed by atoms with van der Waals surface area (Å²) in [4.78, 5) is 27.7. The first-order valence-electron chi connectivity index (χ1n) is 9.66. The molecule has 1 amide bonds. The Balaban J connectivity index is 1.92. The van der Waals surface area contributed by atoms with E-state index in [0.717, 1.165) is 11.3 Å². The Hall–Kier alpha value is -2.64.